The van der Waals surface area contributed by atoms with Crippen LogP contribution >= 0.6 is 0 Å². The van der Waals surface area contributed by atoms with Gasteiger partial charge in [0, 0.05) is 22.9 Å². The van der Waals surface area contributed by atoms with Gasteiger partial charge in [0.15, 0.2) is 0 Å². The van der Waals surface area contributed by atoms with E-state index in [0.29, 0.717) is 11.3 Å². The molecule has 0 unspecified atom stereocenters. The van der Waals surface area contributed by atoms with Gasteiger partial charge in [-0.05, 0) is 44.2 Å². The number of carbonyl (C=O) groups is 1. The summed E-state index contributed by atoms with van der Waals surface area (Å²) in [5, 5.41) is 8.59. The van der Waals surface area contributed by atoms with Crippen molar-refractivity contribution in [3.05, 3.63) is 58.4 Å². The number of carboxylic acids is 1. The molecule has 5 heteroatoms. The lowest BCUT2D eigenvalue weighted by Crippen LogP contribution is -2.10. The van der Waals surface area contributed by atoms with Crippen molar-refractivity contribution in [1.29, 1.82) is 0 Å². The third-order valence-electron chi connectivity index (χ3n) is 2.86. The van der Waals surface area contributed by atoms with Gasteiger partial charge < -0.3 is 14.8 Å². The number of aliphatic carboxylic acids is 1. The van der Waals surface area contributed by atoms with E-state index in [9.17, 15) is 9.59 Å². The minimum absolute atomic E-state index is 0.0674. The van der Waals surface area contributed by atoms with E-state index >= 15 is 0 Å². The highest BCUT2D eigenvalue weighted by Crippen LogP contribution is 2.22. The highest BCUT2D eigenvalue weighted by Gasteiger charge is 2.04. The van der Waals surface area contributed by atoms with Gasteiger partial charge in [0.05, 0.1) is 6.10 Å². The smallest absolute Gasteiger partial charge is 0.328 e. The first-order valence-electron chi connectivity index (χ1n) is 6.87. The quantitative estimate of drug-likeness (QED) is 0.832. The molecule has 2 N–H and O–H groups in total. The summed E-state index contributed by atoms with van der Waals surface area (Å²) in [5.41, 5.74) is 1.42. The number of ether oxygens (including phenoxy) is 1. The first kappa shape index (κ1) is 15.6. The van der Waals surface area contributed by atoms with Crippen LogP contribution in [-0.2, 0) is 4.79 Å². The van der Waals surface area contributed by atoms with Crippen molar-refractivity contribution in [3.8, 4) is 17.0 Å². The number of nitrogens with one attached hydrogen (secondary N) is 1. The Bertz CT molecular complexity index is 759. The summed E-state index contributed by atoms with van der Waals surface area (Å²) in [6.07, 6.45) is 2.27. The van der Waals surface area contributed by atoms with E-state index in [4.69, 9.17) is 9.84 Å². The number of rotatable bonds is 5. The summed E-state index contributed by atoms with van der Waals surface area (Å²) in [7, 11) is 0. The molecule has 0 aliphatic heterocycles. The number of benzene rings is 1. The van der Waals surface area contributed by atoms with E-state index in [1.807, 2.05) is 38.1 Å². The Morgan fingerprint density at radius 1 is 1.27 bits per heavy atom. The first-order chi connectivity index (χ1) is 10.5. The second-order valence-corrected chi connectivity index (χ2v) is 5.02. The number of pyridine rings is 1. The maximum absolute atomic E-state index is 12.0. The van der Waals surface area contributed by atoms with Crippen LogP contribution in [0.25, 0.3) is 17.3 Å². The van der Waals surface area contributed by atoms with Crippen LogP contribution in [0.1, 0.15) is 19.4 Å². The Morgan fingerprint density at radius 2 is 2.05 bits per heavy atom. The highest BCUT2D eigenvalue weighted by molar-refractivity contribution is 5.85. The van der Waals surface area contributed by atoms with Crippen molar-refractivity contribution in [2.24, 2.45) is 0 Å². The molecular formula is C17H17NO4. The van der Waals surface area contributed by atoms with Crippen molar-refractivity contribution >= 4 is 12.0 Å². The van der Waals surface area contributed by atoms with Crippen molar-refractivity contribution in [3.63, 3.8) is 0 Å². The topological polar surface area (TPSA) is 79.4 Å². The van der Waals surface area contributed by atoms with Gasteiger partial charge in [-0.25, -0.2) is 4.79 Å². The Balaban J connectivity index is 2.32. The van der Waals surface area contributed by atoms with Gasteiger partial charge in [0.1, 0.15) is 5.75 Å². The molecule has 22 heavy (non-hydrogen) atoms. The largest absolute Gasteiger partial charge is 0.491 e. The van der Waals surface area contributed by atoms with Crippen molar-refractivity contribution < 1.29 is 14.6 Å². The Labute approximate surface area is 127 Å². The molecule has 5 nitrogen and oxygen atoms in total. The maximum atomic E-state index is 12.0. The predicted molar refractivity (Wildman–Crippen MR) is 84.9 cm³/mol. The van der Waals surface area contributed by atoms with E-state index in [1.165, 1.54) is 6.08 Å². The zero-order valence-electron chi connectivity index (χ0n) is 12.4. The summed E-state index contributed by atoms with van der Waals surface area (Å²) in [6.45, 7) is 3.89. The molecule has 1 heterocycles. The molecule has 0 aliphatic rings. The average molecular weight is 299 g/mol. The van der Waals surface area contributed by atoms with Gasteiger partial charge in [-0.1, -0.05) is 12.1 Å². The summed E-state index contributed by atoms with van der Waals surface area (Å²) in [5.74, 6) is -0.370. The minimum Gasteiger partial charge on any atom is -0.491 e. The second-order valence-electron chi connectivity index (χ2n) is 5.02. The van der Waals surface area contributed by atoms with Crippen LogP contribution < -0.4 is 10.3 Å². The van der Waals surface area contributed by atoms with Crippen molar-refractivity contribution in [2.75, 3.05) is 0 Å². The molecule has 1 aromatic carbocycles. The number of hydrogen-bond donors (Lipinski definition) is 2. The number of aromatic nitrogens is 1. The van der Waals surface area contributed by atoms with Crippen LogP contribution in [0.15, 0.2) is 47.3 Å². The second kappa shape index (κ2) is 6.76. The maximum Gasteiger partial charge on any atom is 0.328 e. The monoisotopic (exact) mass is 299 g/mol. The number of aromatic amines is 1. The number of hydrogen-bond acceptors (Lipinski definition) is 3. The van der Waals surface area contributed by atoms with Crippen molar-refractivity contribution in [2.45, 2.75) is 20.0 Å². The third kappa shape index (κ3) is 4.09. The predicted octanol–water partition coefficient (Wildman–Crippen LogP) is 2.93. The van der Waals surface area contributed by atoms with Crippen LogP contribution in [0.5, 0.6) is 5.75 Å². The molecule has 0 saturated heterocycles. The van der Waals surface area contributed by atoms with Crippen LogP contribution in [0, 0.1) is 0 Å². The van der Waals surface area contributed by atoms with E-state index in [-0.39, 0.29) is 11.7 Å². The minimum atomic E-state index is -1.10. The van der Waals surface area contributed by atoms with Gasteiger partial charge in [0.2, 0.25) is 0 Å². The molecule has 0 amide bonds. The molecule has 1 aromatic heterocycles. The molecule has 114 valence electrons. The Kier molecular flexibility index (Phi) is 4.78. The Hall–Kier alpha value is -2.82. The molecular weight excluding hydrogens is 282 g/mol. The molecule has 0 bridgehead atoms. The van der Waals surface area contributed by atoms with E-state index in [1.54, 1.807) is 12.1 Å². The summed E-state index contributed by atoms with van der Waals surface area (Å²) in [4.78, 5) is 25.2. The SMILES string of the molecule is CC(C)Oc1cccc(-c2ccc(/C=C/C(=O)O)c(=O)[nH]2)c1. The lowest BCUT2D eigenvalue weighted by molar-refractivity contribution is -0.131. The number of H-pyrrole nitrogens is 1. The molecule has 0 aliphatic carbocycles. The standard InChI is InChI=1S/C17H17NO4/c1-11(2)22-14-5-3-4-13(10-14)15-8-6-12(17(21)18-15)7-9-16(19)20/h3-11H,1-2H3,(H,18,21)(H,19,20)/b9-7+. The molecule has 2 rings (SSSR count). The van der Waals surface area contributed by atoms with Gasteiger partial charge in [-0.15, -0.1) is 0 Å². The zero-order valence-corrected chi connectivity index (χ0v) is 12.4. The normalized spacial score (nSPS) is 11.0. The van der Waals surface area contributed by atoms with Gasteiger partial charge in [-0.3, -0.25) is 4.79 Å². The summed E-state index contributed by atoms with van der Waals surface area (Å²) < 4.78 is 5.63. The molecule has 0 atom stereocenters. The van der Waals surface area contributed by atoms with Gasteiger partial charge in [0.25, 0.3) is 5.56 Å². The van der Waals surface area contributed by atoms with Crippen LogP contribution in [-0.4, -0.2) is 22.2 Å². The van der Waals surface area contributed by atoms with E-state index in [2.05, 4.69) is 4.98 Å². The molecule has 2 aromatic rings. The van der Waals surface area contributed by atoms with Crippen molar-refractivity contribution in [1.82, 2.24) is 4.98 Å². The van der Waals surface area contributed by atoms with E-state index in [0.717, 1.165) is 17.4 Å². The molecule has 0 fully saturated rings. The van der Waals surface area contributed by atoms with Crippen LogP contribution in [0.2, 0.25) is 0 Å². The number of carboxylic acid groups (broad SMARTS) is 1. The van der Waals surface area contributed by atoms with Gasteiger partial charge >= 0.3 is 5.97 Å². The van der Waals surface area contributed by atoms with E-state index < -0.39 is 5.97 Å². The average Bonchev–Trinajstić information content (AvgIpc) is 2.45. The summed E-state index contributed by atoms with van der Waals surface area (Å²) in [6, 6.07) is 10.7. The highest BCUT2D eigenvalue weighted by atomic mass is 16.5. The lowest BCUT2D eigenvalue weighted by Gasteiger charge is -2.11. The zero-order chi connectivity index (χ0) is 16.1. The fourth-order valence-corrected chi connectivity index (χ4v) is 1.95. The fraction of sp³-hybridized carbons (Fsp3) is 0.176. The Morgan fingerprint density at radius 3 is 2.68 bits per heavy atom. The third-order valence-corrected chi connectivity index (χ3v) is 2.86. The van der Waals surface area contributed by atoms with Gasteiger partial charge in [-0.2, -0.15) is 0 Å². The summed E-state index contributed by atoms with van der Waals surface area (Å²) >= 11 is 0. The fourth-order valence-electron chi connectivity index (χ4n) is 1.95. The molecule has 0 radical (unpaired) electrons. The molecule has 0 saturated carbocycles. The van der Waals surface area contributed by atoms with Crippen LogP contribution in [0.4, 0.5) is 0 Å². The first-order valence-corrected chi connectivity index (χ1v) is 6.87. The van der Waals surface area contributed by atoms with Crippen LogP contribution in [0.3, 0.4) is 0 Å². The lowest BCUT2D eigenvalue weighted by atomic mass is 10.1. The molecule has 0 spiro atoms.